The first-order valence-corrected chi connectivity index (χ1v) is 16.4. The van der Waals surface area contributed by atoms with Crippen LogP contribution < -0.4 is 9.05 Å². The Morgan fingerprint density at radius 1 is 0.615 bits per heavy atom. The molecule has 0 unspecified atom stereocenters. The van der Waals surface area contributed by atoms with Gasteiger partial charge in [-0.05, 0) is 82.4 Å². The SMILES string of the molecule is CCC(C)(C)c1cc2c(c(C(C)(C)CC)c1)OP(=O)(O)Oc1c(cc(C(C)(C)CC)cc1C(C)(C)CC)CC2. The molecule has 218 valence electrons. The maximum atomic E-state index is 13.8. The highest BCUT2D eigenvalue weighted by Gasteiger charge is 2.38. The first-order valence-electron chi connectivity index (χ1n) is 14.9. The van der Waals surface area contributed by atoms with Crippen LogP contribution >= 0.6 is 7.82 Å². The van der Waals surface area contributed by atoms with Crippen molar-refractivity contribution in [2.45, 2.75) is 143 Å². The number of hydrogen-bond donors (Lipinski definition) is 1. The molecule has 0 saturated carbocycles. The van der Waals surface area contributed by atoms with Crippen molar-refractivity contribution in [2.75, 3.05) is 0 Å². The lowest BCUT2D eigenvalue weighted by molar-refractivity contribution is 0.283. The van der Waals surface area contributed by atoms with Crippen LogP contribution in [0.25, 0.3) is 0 Å². The first-order chi connectivity index (χ1) is 17.8. The number of aryl methyl sites for hydroxylation is 2. The second-order valence-corrected chi connectivity index (χ2v) is 15.4. The van der Waals surface area contributed by atoms with Gasteiger partial charge in [-0.3, -0.25) is 4.89 Å². The van der Waals surface area contributed by atoms with Crippen molar-refractivity contribution >= 4 is 7.82 Å². The molecule has 0 aliphatic carbocycles. The summed E-state index contributed by atoms with van der Waals surface area (Å²) in [5, 5.41) is 0. The van der Waals surface area contributed by atoms with Gasteiger partial charge in [0, 0.05) is 11.1 Å². The highest BCUT2D eigenvalue weighted by atomic mass is 31.2. The van der Waals surface area contributed by atoms with Crippen LogP contribution in [0.2, 0.25) is 0 Å². The Balaban J connectivity index is 2.36. The molecule has 39 heavy (non-hydrogen) atoms. The van der Waals surface area contributed by atoms with Gasteiger partial charge in [-0.1, -0.05) is 107 Å². The van der Waals surface area contributed by atoms with E-state index < -0.39 is 7.82 Å². The van der Waals surface area contributed by atoms with E-state index in [2.05, 4.69) is 107 Å². The molecule has 3 rings (SSSR count). The van der Waals surface area contributed by atoms with Crippen LogP contribution in [0.1, 0.15) is 142 Å². The highest BCUT2D eigenvalue weighted by molar-refractivity contribution is 7.48. The number of fused-ring (bicyclic) bond motifs is 2. The Bertz CT molecular complexity index is 1160. The molecule has 0 saturated heterocycles. The van der Waals surface area contributed by atoms with Crippen LogP contribution in [-0.4, -0.2) is 4.89 Å². The Kier molecular flexibility index (Phi) is 8.87. The highest BCUT2D eigenvalue weighted by Crippen LogP contribution is 2.54. The summed E-state index contributed by atoms with van der Waals surface area (Å²) in [5.41, 5.74) is 5.86. The summed E-state index contributed by atoms with van der Waals surface area (Å²) in [6, 6.07) is 8.81. The van der Waals surface area contributed by atoms with Crippen molar-refractivity contribution in [2.24, 2.45) is 0 Å². The average Bonchev–Trinajstić information content (AvgIpc) is 2.92. The lowest BCUT2D eigenvalue weighted by atomic mass is 9.74. The van der Waals surface area contributed by atoms with Crippen LogP contribution in [0.3, 0.4) is 0 Å². The number of benzene rings is 2. The minimum Gasteiger partial charge on any atom is -0.395 e. The van der Waals surface area contributed by atoms with Crippen LogP contribution in [0.5, 0.6) is 11.5 Å². The molecule has 2 aromatic carbocycles. The summed E-state index contributed by atoms with van der Waals surface area (Å²) in [4.78, 5) is 11.3. The number of rotatable bonds is 8. The van der Waals surface area contributed by atoms with Gasteiger partial charge in [0.15, 0.2) is 0 Å². The largest absolute Gasteiger partial charge is 0.584 e. The second-order valence-electron chi connectivity index (χ2n) is 14.1. The lowest BCUT2D eigenvalue weighted by Gasteiger charge is -2.32. The molecular weight excluding hydrogens is 503 g/mol. The van der Waals surface area contributed by atoms with Gasteiger partial charge in [0.25, 0.3) is 0 Å². The number of phosphoric acid groups is 1. The molecule has 0 bridgehead atoms. The normalized spacial score (nSPS) is 16.2. The van der Waals surface area contributed by atoms with Gasteiger partial charge in [-0.2, -0.15) is 0 Å². The Hall–Kier alpha value is -1.77. The molecule has 5 heteroatoms. The minimum absolute atomic E-state index is 0.0278. The van der Waals surface area contributed by atoms with E-state index in [1.165, 1.54) is 11.1 Å². The standard InChI is InChI=1S/C34H53O4P/c1-13-31(5,6)25-19-23-17-18-24-20-26(32(7,8)14-2)22-28(34(11,12)16-4)30(24)38-39(35,36)37-29(23)27(21-25)33(9,10)15-3/h19-22H,13-18H2,1-12H3,(H,35,36). The molecule has 1 aliphatic heterocycles. The minimum atomic E-state index is -4.49. The van der Waals surface area contributed by atoms with E-state index in [9.17, 15) is 9.46 Å². The number of hydrogen-bond acceptors (Lipinski definition) is 3. The second kappa shape index (κ2) is 10.9. The quantitative estimate of drug-likeness (QED) is 0.329. The Morgan fingerprint density at radius 2 is 0.923 bits per heavy atom. The van der Waals surface area contributed by atoms with Gasteiger partial charge in [-0.15, -0.1) is 0 Å². The molecule has 1 N–H and O–H groups in total. The molecule has 0 spiro atoms. The van der Waals surface area contributed by atoms with Gasteiger partial charge in [0.2, 0.25) is 0 Å². The van der Waals surface area contributed by atoms with Crippen molar-refractivity contribution in [3.8, 4) is 11.5 Å². The number of phosphoric ester groups is 1. The van der Waals surface area contributed by atoms with E-state index in [0.29, 0.717) is 24.3 Å². The van der Waals surface area contributed by atoms with Gasteiger partial charge in [-0.25, -0.2) is 4.57 Å². The summed E-state index contributed by atoms with van der Waals surface area (Å²) in [6.07, 6.45) is 5.14. The van der Waals surface area contributed by atoms with E-state index in [1.807, 2.05) is 0 Å². The van der Waals surface area contributed by atoms with Crippen molar-refractivity contribution in [1.29, 1.82) is 0 Å². The zero-order valence-electron chi connectivity index (χ0n) is 26.7. The summed E-state index contributed by atoms with van der Waals surface area (Å²) >= 11 is 0. The summed E-state index contributed by atoms with van der Waals surface area (Å²) in [6.45, 7) is 26.5. The van der Waals surface area contributed by atoms with E-state index >= 15 is 0 Å². The zero-order chi connectivity index (χ0) is 29.6. The Labute approximate surface area is 238 Å². The van der Waals surface area contributed by atoms with E-state index in [-0.39, 0.29) is 21.7 Å². The molecule has 2 aromatic rings. The molecule has 0 atom stereocenters. The van der Waals surface area contributed by atoms with E-state index in [4.69, 9.17) is 9.05 Å². The molecule has 1 aliphatic rings. The van der Waals surface area contributed by atoms with Crippen LogP contribution in [-0.2, 0) is 39.1 Å². The molecule has 0 fully saturated rings. The van der Waals surface area contributed by atoms with Crippen molar-refractivity contribution < 1.29 is 18.5 Å². The lowest BCUT2D eigenvalue weighted by Crippen LogP contribution is -2.22. The van der Waals surface area contributed by atoms with Gasteiger partial charge in [0.1, 0.15) is 11.5 Å². The van der Waals surface area contributed by atoms with Crippen molar-refractivity contribution in [3.63, 3.8) is 0 Å². The Morgan fingerprint density at radius 3 is 1.21 bits per heavy atom. The van der Waals surface area contributed by atoms with Crippen LogP contribution in [0, 0.1) is 0 Å². The van der Waals surface area contributed by atoms with E-state index in [0.717, 1.165) is 47.9 Å². The molecule has 4 nitrogen and oxygen atoms in total. The molecule has 1 heterocycles. The van der Waals surface area contributed by atoms with Crippen LogP contribution in [0.15, 0.2) is 24.3 Å². The van der Waals surface area contributed by atoms with Gasteiger partial charge in [0.05, 0.1) is 0 Å². The maximum absolute atomic E-state index is 13.8. The zero-order valence-corrected chi connectivity index (χ0v) is 27.6. The summed E-state index contributed by atoms with van der Waals surface area (Å²) in [5.74, 6) is 1.03. The van der Waals surface area contributed by atoms with Gasteiger partial charge < -0.3 is 9.05 Å². The fraction of sp³-hybridized carbons (Fsp3) is 0.647. The predicted molar refractivity (Wildman–Crippen MR) is 165 cm³/mol. The van der Waals surface area contributed by atoms with Crippen molar-refractivity contribution in [3.05, 3.63) is 57.6 Å². The van der Waals surface area contributed by atoms with Crippen LogP contribution in [0.4, 0.5) is 0 Å². The molecule has 0 aromatic heterocycles. The maximum Gasteiger partial charge on any atom is 0.584 e. The molecule has 0 amide bonds. The third-order valence-electron chi connectivity index (χ3n) is 9.97. The third kappa shape index (κ3) is 6.43. The third-order valence-corrected chi connectivity index (χ3v) is 10.8. The fourth-order valence-corrected chi connectivity index (χ4v) is 5.99. The molecular formula is C34H53O4P. The smallest absolute Gasteiger partial charge is 0.395 e. The van der Waals surface area contributed by atoms with Crippen molar-refractivity contribution in [1.82, 2.24) is 0 Å². The fourth-order valence-electron chi connectivity index (χ4n) is 5.06. The monoisotopic (exact) mass is 556 g/mol. The summed E-state index contributed by atoms with van der Waals surface area (Å²) < 4.78 is 26.0. The van der Waals surface area contributed by atoms with E-state index in [1.54, 1.807) is 0 Å². The average molecular weight is 557 g/mol. The first kappa shape index (κ1) is 31.8. The topological polar surface area (TPSA) is 55.8 Å². The predicted octanol–water partition coefficient (Wildman–Crippen LogP) is 10.1. The summed E-state index contributed by atoms with van der Waals surface area (Å²) in [7, 11) is -4.49. The van der Waals surface area contributed by atoms with Gasteiger partial charge >= 0.3 is 7.82 Å². The molecule has 0 radical (unpaired) electrons.